The van der Waals surface area contributed by atoms with Crippen LogP contribution in [0.3, 0.4) is 0 Å². The minimum absolute atomic E-state index is 0.207. The van der Waals surface area contributed by atoms with Crippen LogP contribution in [0.1, 0.15) is 10.5 Å². The van der Waals surface area contributed by atoms with E-state index in [1.807, 2.05) is 4.90 Å². The van der Waals surface area contributed by atoms with Crippen LogP contribution in [0, 0.1) is 5.82 Å². The lowest BCUT2D eigenvalue weighted by atomic mass is 10.2. The fraction of sp³-hybridized carbons (Fsp3) is 0.267. The van der Waals surface area contributed by atoms with Crippen LogP contribution in [-0.4, -0.2) is 47.2 Å². The fourth-order valence-corrected chi connectivity index (χ4v) is 2.48. The third kappa shape index (κ3) is 2.83. The van der Waals surface area contributed by atoms with Crippen LogP contribution in [-0.2, 0) is 0 Å². The van der Waals surface area contributed by atoms with Crippen molar-refractivity contribution in [3.8, 4) is 0 Å². The van der Waals surface area contributed by atoms with E-state index in [0.29, 0.717) is 31.9 Å². The molecule has 1 aromatic heterocycles. The topological polar surface area (TPSA) is 69.3 Å². The lowest BCUT2D eigenvalue weighted by Gasteiger charge is -2.36. The molecule has 1 saturated heterocycles. The second-order valence-corrected chi connectivity index (χ2v) is 5.04. The summed E-state index contributed by atoms with van der Waals surface area (Å²) in [6, 6.07) is 9.29. The molecule has 22 heavy (non-hydrogen) atoms. The Morgan fingerprint density at radius 2 is 1.82 bits per heavy atom. The summed E-state index contributed by atoms with van der Waals surface area (Å²) in [7, 11) is 0. The van der Waals surface area contributed by atoms with E-state index in [4.69, 9.17) is 0 Å². The number of hydrogen-bond donors (Lipinski definition) is 1. The molecule has 0 aliphatic carbocycles. The largest absolute Gasteiger partial charge is 0.366 e. The zero-order chi connectivity index (χ0) is 15.5. The van der Waals surface area contributed by atoms with E-state index in [1.54, 1.807) is 23.1 Å². The SMILES string of the molecule is O=C(c1ccc(=O)[nH]n1)N1CCN(c2ccccc2F)CC1. The average Bonchev–Trinajstić information content (AvgIpc) is 2.56. The lowest BCUT2D eigenvalue weighted by molar-refractivity contribution is 0.0739. The molecule has 1 amide bonds. The Balaban J connectivity index is 1.67. The summed E-state index contributed by atoms with van der Waals surface area (Å²) < 4.78 is 13.8. The molecule has 1 aliphatic heterocycles. The number of H-pyrrole nitrogens is 1. The van der Waals surface area contributed by atoms with Gasteiger partial charge in [0, 0.05) is 32.2 Å². The molecule has 0 bridgehead atoms. The van der Waals surface area contributed by atoms with E-state index >= 15 is 0 Å². The van der Waals surface area contributed by atoms with Crippen LogP contribution in [0.4, 0.5) is 10.1 Å². The summed E-state index contributed by atoms with van der Waals surface area (Å²) in [5.74, 6) is -0.492. The third-order valence-corrected chi connectivity index (χ3v) is 3.66. The predicted molar refractivity (Wildman–Crippen MR) is 79.4 cm³/mol. The van der Waals surface area contributed by atoms with Gasteiger partial charge in [0.15, 0.2) is 0 Å². The number of benzene rings is 1. The molecule has 0 atom stereocenters. The van der Waals surface area contributed by atoms with Crippen molar-refractivity contribution in [1.82, 2.24) is 15.1 Å². The number of para-hydroxylation sites is 1. The highest BCUT2D eigenvalue weighted by atomic mass is 19.1. The molecule has 0 spiro atoms. The second kappa shape index (κ2) is 5.97. The van der Waals surface area contributed by atoms with Gasteiger partial charge in [0.1, 0.15) is 11.5 Å². The van der Waals surface area contributed by atoms with Gasteiger partial charge >= 0.3 is 0 Å². The Labute approximate surface area is 126 Å². The summed E-state index contributed by atoms with van der Waals surface area (Å²) in [6.07, 6.45) is 0. The molecule has 6 nitrogen and oxygen atoms in total. The molecule has 7 heteroatoms. The van der Waals surface area contributed by atoms with E-state index in [-0.39, 0.29) is 23.0 Å². The van der Waals surface area contributed by atoms with Crippen molar-refractivity contribution in [3.63, 3.8) is 0 Å². The average molecular weight is 302 g/mol. The van der Waals surface area contributed by atoms with Gasteiger partial charge < -0.3 is 9.80 Å². The fourth-order valence-electron chi connectivity index (χ4n) is 2.48. The molecule has 2 aromatic rings. The number of carbonyl (C=O) groups is 1. The number of nitrogens with one attached hydrogen (secondary N) is 1. The summed E-state index contributed by atoms with van der Waals surface area (Å²) in [5, 5.41) is 5.99. The number of nitrogens with zero attached hydrogens (tertiary/aromatic N) is 3. The van der Waals surface area contributed by atoms with Gasteiger partial charge in [-0.15, -0.1) is 0 Å². The molecule has 1 N–H and O–H groups in total. The highest BCUT2D eigenvalue weighted by molar-refractivity contribution is 5.92. The molecule has 1 aromatic carbocycles. The highest BCUT2D eigenvalue weighted by Gasteiger charge is 2.24. The number of carbonyl (C=O) groups excluding carboxylic acids is 1. The molecule has 1 fully saturated rings. The number of aromatic amines is 1. The number of hydrogen-bond acceptors (Lipinski definition) is 4. The minimum atomic E-state index is -0.346. The maximum absolute atomic E-state index is 13.8. The third-order valence-electron chi connectivity index (χ3n) is 3.66. The van der Waals surface area contributed by atoms with Gasteiger partial charge in [-0.25, -0.2) is 9.49 Å². The Hall–Kier alpha value is -2.70. The zero-order valence-corrected chi connectivity index (χ0v) is 11.8. The summed E-state index contributed by atoms with van der Waals surface area (Å²) in [6.45, 7) is 2.06. The quantitative estimate of drug-likeness (QED) is 0.894. The molecule has 0 unspecified atom stereocenters. The van der Waals surface area contributed by atoms with Crippen LogP contribution < -0.4 is 10.5 Å². The van der Waals surface area contributed by atoms with Crippen LogP contribution >= 0.6 is 0 Å². The summed E-state index contributed by atoms with van der Waals surface area (Å²) >= 11 is 0. The first-order chi connectivity index (χ1) is 10.6. The Morgan fingerprint density at radius 1 is 1.09 bits per heavy atom. The first-order valence-corrected chi connectivity index (χ1v) is 6.99. The van der Waals surface area contributed by atoms with Crippen molar-refractivity contribution in [2.24, 2.45) is 0 Å². The Kier molecular flexibility index (Phi) is 3.86. The first kappa shape index (κ1) is 14.2. The Morgan fingerprint density at radius 3 is 2.45 bits per heavy atom. The molecule has 2 heterocycles. The van der Waals surface area contributed by atoms with Gasteiger partial charge in [-0.3, -0.25) is 9.59 Å². The van der Waals surface area contributed by atoms with Crippen molar-refractivity contribution in [1.29, 1.82) is 0 Å². The standard InChI is InChI=1S/C15H15FN4O2/c16-11-3-1-2-4-13(11)19-7-9-20(10-8-19)15(22)12-5-6-14(21)18-17-12/h1-6H,7-10H2,(H,18,21). The predicted octanol–water partition coefficient (Wildman–Crippen LogP) is 0.871. The molecule has 0 saturated carbocycles. The molecular weight excluding hydrogens is 287 g/mol. The number of piperazine rings is 1. The Bertz CT molecular complexity index is 718. The van der Waals surface area contributed by atoms with Crippen molar-refractivity contribution >= 4 is 11.6 Å². The van der Waals surface area contributed by atoms with Gasteiger partial charge in [-0.05, 0) is 18.2 Å². The van der Waals surface area contributed by atoms with Crippen LogP contribution in [0.25, 0.3) is 0 Å². The van der Waals surface area contributed by atoms with E-state index in [9.17, 15) is 14.0 Å². The smallest absolute Gasteiger partial charge is 0.274 e. The van der Waals surface area contributed by atoms with E-state index in [1.165, 1.54) is 18.2 Å². The number of halogens is 1. The zero-order valence-electron chi connectivity index (χ0n) is 11.8. The van der Waals surface area contributed by atoms with Crippen LogP contribution in [0.15, 0.2) is 41.2 Å². The highest BCUT2D eigenvalue weighted by Crippen LogP contribution is 2.20. The van der Waals surface area contributed by atoms with Gasteiger partial charge in [-0.2, -0.15) is 5.10 Å². The van der Waals surface area contributed by atoms with E-state index < -0.39 is 0 Å². The monoisotopic (exact) mass is 302 g/mol. The van der Waals surface area contributed by atoms with E-state index in [2.05, 4.69) is 10.2 Å². The molecule has 114 valence electrons. The maximum atomic E-state index is 13.8. The number of rotatable bonds is 2. The van der Waals surface area contributed by atoms with Crippen molar-refractivity contribution in [2.75, 3.05) is 31.1 Å². The van der Waals surface area contributed by atoms with Crippen LogP contribution in [0.5, 0.6) is 0 Å². The van der Waals surface area contributed by atoms with Gasteiger partial charge in [-0.1, -0.05) is 12.1 Å². The molecule has 0 radical (unpaired) electrons. The first-order valence-electron chi connectivity index (χ1n) is 6.99. The second-order valence-electron chi connectivity index (χ2n) is 5.04. The van der Waals surface area contributed by atoms with Gasteiger partial charge in [0.05, 0.1) is 5.69 Å². The van der Waals surface area contributed by atoms with Crippen molar-refractivity contribution < 1.29 is 9.18 Å². The number of aromatic nitrogens is 2. The van der Waals surface area contributed by atoms with Crippen molar-refractivity contribution in [3.05, 3.63) is 58.3 Å². The summed E-state index contributed by atoms with van der Waals surface area (Å²) in [5.41, 5.74) is 0.414. The van der Waals surface area contributed by atoms with Gasteiger partial charge in [0.25, 0.3) is 11.5 Å². The minimum Gasteiger partial charge on any atom is -0.366 e. The van der Waals surface area contributed by atoms with Crippen LogP contribution in [0.2, 0.25) is 0 Å². The number of amides is 1. The van der Waals surface area contributed by atoms with Crippen molar-refractivity contribution in [2.45, 2.75) is 0 Å². The van der Waals surface area contributed by atoms with Gasteiger partial charge in [0.2, 0.25) is 0 Å². The normalized spacial score (nSPS) is 15.0. The van der Waals surface area contributed by atoms with E-state index in [0.717, 1.165) is 0 Å². The number of anilines is 1. The molecule has 1 aliphatic rings. The summed E-state index contributed by atoms with van der Waals surface area (Å²) in [4.78, 5) is 26.8. The molecule has 3 rings (SSSR count). The molecular formula is C15H15FN4O2. The lowest BCUT2D eigenvalue weighted by Crippen LogP contribution is -2.49. The maximum Gasteiger partial charge on any atom is 0.274 e.